The number of rotatable bonds is 3. The Morgan fingerprint density at radius 2 is 2.48 bits per heavy atom. The zero-order valence-electron chi connectivity index (χ0n) is 11.3. The monoisotopic (exact) mass is 307 g/mol. The smallest absolute Gasteiger partial charge is 0.254 e. The quantitative estimate of drug-likeness (QED) is 0.794. The summed E-state index contributed by atoms with van der Waals surface area (Å²) in [4.78, 5) is 32.1. The Labute approximate surface area is 124 Å². The SMILES string of the molecule is Cc1noc(CNC(=O)C2CSc3nccc(=O)n3C2)n1. The van der Waals surface area contributed by atoms with E-state index in [1.54, 1.807) is 6.92 Å². The van der Waals surface area contributed by atoms with Crippen LogP contribution in [0.2, 0.25) is 0 Å². The van der Waals surface area contributed by atoms with Crippen LogP contribution in [0.4, 0.5) is 0 Å². The molecular formula is C12H13N5O3S. The number of nitrogens with zero attached hydrogens (tertiary/aromatic N) is 4. The average molecular weight is 307 g/mol. The van der Waals surface area contributed by atoms with Gasteiger partial charge in [0.05, 0.1) is 12.5 Å². The number of hydrogen-bond donors (Lipinski definition) is 1. The fourth-order valence-corrected chi connectivity index (χ4v) is 3.09. The summed E-state index contributed by atoms with van der Waals surface area (Å²) in [7, 11) is 0. The van der Waals surface area contributed by atoms with Crippen LogP contribution in [-0.4, -0.2) is 31.4 Å². The molecule has 8 nitrogen and oxygen atoms in total. The molecule has 0 aromatic carbocycles. The highest BCUT2D eigenvalue weighted by Gasteiger charge is 2.26. The first-order valence-electron chi connectivity index (χ1n) is 6.39. The van der Waals surface area contributed by atoms with Crippen molar-refractivity contribution in [3.63, 3.8) is 0 Å². The molecule has 1 unspecified atom stereocenters. The minimum Gasteiger partial charge on any atom is -0.347 e. The van der Waals surface area contributed by atoms with E-state index in [1.165, 1.54) is 28.6 Å². The van der Waals surface area contributed by atoms with Crippen molar-refractivity contribution < 1.29 is 9.32 Å². The topological polar surface area (TPSA) is 103 Å². The van der Waals surface area contributed by atoms with Crippen LogP contribution < -0.4 is 10.9 Å². The lowest BCUT2D eigenvalue weighted by Gasteiger charge is -2.23. The lowest BCUT2D eigenvalue weighted by atomic mass is 10.1. The number of fused-ring (bicyclic) bond motifs is 1. The molecule has 0 spiro atoms. The molecule has 1 amide bonds. The average Bonchev–Trinajstić information content (AvgIpc) is 2.90. The van der Waals surface area contributed by atoms with E-state index >= 15 is 0 Å². The van der Waals surface area contributed by atoms with Gasteiger partial charge in [-0.2, -0.15) is 4.98 Å². The van der Waals surface area contributed by atoms with E-state index < -0.39 is 0 Å². The maximum absolute atomic E-state index is 12.1. The Hall–Kier alpha value is -2.16. The van der Waals surface area contributed by atoms with Crippen LogP contribution in [-0.2, 0) is 17.9 Å². The van der Waals surface area contributed by atoms with E-state index in [2.05, 4.69) is 20.4 Å². The molecule has 1 aliphatic heterocycles. The first kappa shape index (κ1) is 13.8. The van der Waals surface area contributed by atoms with Gasteiger partial charge in [-0.05, 0) is 6.92 Å². The van der Waals surface area contributed by atoms with Gasteiger partial charge in [-0.15, -0.1) is 0 Å². The molecule has 0 aliphatic carbocycles. The van der Waals surface area contributed by atoms with Crippen LogP contribution in [0.5, 0.6) is 0 Å². The van der Waals surface area contributed by atoms with E-state index in [0.717, 1.165) is 0 Å². The van der Waals surface area contributed by atoms with E-state index in [-0.39, 0.29) is 23.9 Å². The van der Waals surface area contributed by atoms with Crippen molar-refractivity contribution in [3.8, 4) is 0 Å². The van der Waals surface area contributed by atoms with Crippen molar-refractivity contribution in [1.82, 2.24) is 25.0 Å². The van der Waals surface area contributed by atoms with Gasteiger partial charge in [-0.3, -0.25) is 14.2 Å². The number of amides is 1. The molecule has 0 radical (unpaired) electrons. The second-order valence-electron chi connectivity index (χ2n) is 4.64. The number of carbonyl (C=O) groups excluding carboxylic acids is 1. The summed E-state index contributed by atoms with van der Waals surface area (Å²) in [5, 5.41) is 7.05. The van der Waals surface area contributed by atoms with Gasteiger partial charge in [0.25, 0.3) is 5.56 Å². The van der Waals surface area contributed by atoms with Crippen molar-refractivity contribution in [2.75, 3.05) is 5.75 Å². The van der Waals surface area contributed by atoms with Crippen molar-refractivity contribution in [3.05, 3.63) is 34.3 Å². The Balaban J connectivity index is 1.64. The van der Waals surface area contributed by atoms with Crippen molar-refractivity contribution in [2.45, 2.75) is 25.2 Å². The van der Waals surface area contributed by atoms with Crippen molar-refractivity contribution >= 4 is 17.7 Å². The van der Waals surface area contributed by atoms with Crippen LogP contribution in [0, 0.1) is 12.8 Å². The molecule has 1 atom stereocenters. The van der Waals surface area contributed by atoms with Crippen LogP contribution in [0.3, 0.4) is 0 Å². The molecular weight excluding hydrogens is 294 g/mol. The predicted molar refractivity (Wildman–Crippen MR) is 73.6 cm³/mol. The molecule has 110 valence electrons. The standard InChI is InChI=1S/C12H13N5O3S/c1-7-15-9(20-16-7)4-14-11(19)8-5-17-10(18)2-3-13-12(17)21-6-8/h2-3,8H,4-6H2,1H3,(H,14,19). The van der Waals surface area contributed by atoms with Crippen LogP contribution >= 0.6 is 11.8 Å². The van der Waals surface area contributed by atoms with Crippen LogP contribution in [0.1, 0.15) is 11.7 Å². The Kier molecular flexibility index (Phi) is 3.74. The molecule has 1 aliphatic rings. The van der Waals surface area contributed by atoms with Crippen molar-refractivity contribution in [2.24, 2.45) is 5.92 Å². The molecule has 21 heavy (non-hydrogen) atoms. The summed E-state index contributed by atoms with van der Waals surface area (Å²) in [6.45, 7) is 2.24. The number of carbonyl (C=O) groups is 1. The molecule has 0 bridgehead atoms. The van der Waals surface area contributed by atoms with Gasteiger partial charge in [-0.1, -0.05) is 16.9 Å². The predicted octanol–water partition coefficient (Wildman–Crippen LogP) is -0.0270. The largest absolute Gasteiger partial charge is 0.347 e. The van der Waals surface area contributed by atoms with Crippen molar-refractivity contribution in [1.29, 1.82) is 0 Å². The summed E-state index contributed by atoms with van der Waals surface area (Å²) in [5.74, 6) is 1.06. The van der Waals surface area contributed by atoms with Gasteiger partial charge in [0.2, 0.25) is 11.8 Å². The highest BCUT2D eigenvalue weighted by molar-refractivity contribution is 7.99. The van der Waals surface area contributed by atoms with Crippen LogP contribution in [0.15, 0.2) is 26.7 Å². The lowest BCUT2D eigenvalue weighted by Crippen LogP contribution is -2.39. The Morgan fingerprint density at radius 3 is 3.24 bits per heavy atom. The maximum atomic E-state index is 12.1. The molecule has 1 N–H and O–H groups in total. The van der Waals surface area contributed by atoms with Crippen LogP contribution in [0.25, 0.3) is 0 Å². The number of hydrogen-bond acceptors (Lipinski definition) is 7. The van der Waals surface area contributed by atoms with Gasteiger partial charge in [0, 0.05) is 24.6 Å². The van der Waals surface area contributed by atoms with Gasteiger partial charge >= 0.3 is 0 Å². The van der Waals surface area contributed by atoms with E-state index in [4.69, 9.17) is 4.52 Å². The Morgan fingerprint density at radius 1 is 1.62 bits per heavy atom. The number of aryl methyl sites for hydroxylation is 1. The molecule has 0 saturated heterocycles. The summed E-state index contributed by atoms with van der Waals surface area (Å²) < 4.78 is 6.45. The normalized spacial score (nSPS) is 17.3. The minimum atomic E-state index is -0.284. The third-order valence-electron chi connectivity index (χ3n) is 3.07. The molecule has 0 fully saturated rings. The summed E-state index contributed by atoms with van der Waals surface area (Å²) in [6.07, 6.45) is 1.49. The third-order valence-corrected chi connectivity index (χ3v) is 4.22. The maximum Gasteiger partial charge on any atom is 0.254 e. The fraction of sp³-hybridized carbons (Fsp3) is 0.417. The third kappa shape index (κ3) is 2.97. The van der Waals surface area contributed by atoms with Gasteiger partial charge in [-0.25, -0.2) is 4.98 Å². The first-order valence-corrected chi connectivity index (χ1v) is 7.37. The second kappa shape index (κ2) is 5.68. The summed E-state index contributed by atoms with van der Waals surface area (Å²) in [6, 6.07) is 1.39. The number of thioether (sulfide) groups is 1. The number of nitrogens with one attached hydrogen (secondary N) is 1. The lowest BCUT2D eigenvalue weighted by molar-refractivity contribution is -0.125. The molecule has 9 heteroatoms. The molecule has 2 aromatic heterocycles. The second-order valence-corrected chi connectivity index (χ2v) is 5.62. The van der Waals surface area contributed by atoms with Gasteiger partial charge < -0.3 is 9.84 Å². The van der Waals surface area contributed by atoms with E-state index in [1.807, 2.05) is 0 Å². The molecule has 2 aromatic rings. The highest BCUT2D eigenvalue weighted by atomic mass is 32.2. The molecule has 3 rings (SSSR count). The minimum absolute atomic E-state index is 0.139. The van der Waals surface area contributed by atoms with E-state index in [9.17, 15) is 9.59 Å². The Bertz CT molecular complexity index is 726. The summed E-state index contributed by atoms with van der Waals surface area (Å²) >= 11 is 1.40. The zero-order valence-corrected chi connectivity index (χ0v) is 12.1. The van der Waals surface area contributed by atoms with E-state index in [0.29, 0.717) is 29.2 Å². The fourth-order valence-electron chi connectivity index (χ4n) is 2.03. The summed E-state index contributed by atoms with van der Waals surface area (Å²) in [5.41, 5.74) is -0.141. The first-order chi connectivity index (χ1) is 10.1. The van der Waals surface area contributed by atoms with Gasteiger partial charge in [0.15, 0.2) is 11.0 Å². The molecule has 3 heterocycles. The number of aromatic nitrogens is 4. The highest BCUT2D eigenvalue weighted by Crippen LogP contribution is 2.24. The zero-order chi connectivity index (χ0) is 14.8. The van der Waals surface area contributed by atoms with Gasteiger partial charge in [0.1, 0.15) is 0 Å². The molecule has 0 saturated carbocycles.